The van der Waals surface area contributed by atoms with E-state index >= 15 is 0 Å². The van der Waals surface area contributed by atoms with Crippen LogP contribution in [0.3, 0.4) is 0 Å². The number of hydrogen-bond acceptors (Lipinski definition) is 2. The Morgan fingerprint density at radius 3 is 2.32 bits per heavy atom. The molecule has 2 fully saturated rings. The third kappa shape index (κ3) is 4.32. The van der Waals surface area contributed by atoms with Crippen molar-refractivity contribution in [3.8, 4) is 0 Å². The van der Waals surface area contributed by atoms with Gasteiger partial charge in [0, 0.05) is 18.6 Å². The minimum absolute atomic E-state index is 0.765. The smallest absolute Gasteiger partial charge is 0.0165 e. The molecule has 2 heteroatoms. The highest BCUT2D eigenvalue weighted by Gasteiger charge is 2.31. The Balaban J connectivity index is 1.70. The molecule has 0 amide bonds. The summed E-state index contributed by atoms with van der Waals surface area (Å²) in [5.74, 6) is 1.78. The quantitative estimate of drug-likeness (QED) is 0.783. The summed E-state index contributed by atoms with van der Waals surface area (Å²) in [7, 11) is 0. The van der Waals surface area contributed by atoms with Gasteiger partial charge < -0.3 is 5.32 Å². The first-order valence-corrected chi connectivity index (χ1v) is 8.18. The van der Waals surface area contributed by atoms with Gasteiger partial charge in [-0.1, -0.05) is 25.5 Å². The predicted octanol–water partition coefficient (Wildman–Crippen LogP) is 3.44. The van der Waals surface area contributed by atoms with Gasteiger partial charge in [0.2, 0.25) is 0 Å². The molecule has 2 nitrogen and oxygen atoms in total. The van der Waals surface area contributed by atoms with Crippen molar-refractivity contribution in [2.24, 2.45) is 11.8 Å². The van der Waals surface area contributed by atoms with E-state index in [0.717, 1.165) is 30.5 Å². The number of hydrogen-bond donors (Lipinski definition) is 1. The lowest BCUT2D eigenvalue weighted by Crippen LogP contribution is -2.47. The Morgan fingerprint density at radius 1 is 1.11 bits per heavy atom. The Labute approximate surface area is 119 Å². The van der Waals surface area contributed by atoms with Crippen LogP contribution in [0.15, 0.2) is 11.6 Å². The molecule has 0 bridgehead atoms. The van der Waals surface area contributed by atoms with Gasteiger partial charge >= 0.3 is 0 Å². The van der Waals surface area contributed by atoms with Crippen LogP contribution in [0, 0.1) is 11.8 Å². The molecule has 0 aromatic carbocycles. The number of rotatable bonds is 4. The SMILES string of the molecule is CC(C)=CCN1CCC(NC2CCC(C)C2C)CC1. The summed E-state index contributed by atoms with van der Waals surface area (Å²) in [6, 6.07) is 1.55. The molecule has 3 unspecified atom stereocenters. The lowest BCUT2D eigenvalue weighted by molar-refractivity contribution is 0.198. The van der Waals surface area contributed by atoms with E-state index in [1.807, 2.05) is 0 Å². The zero-order valence-corrected chi connectivity index (χ0v) is 13.3. The first-order chi connectivity index (χ1) is 9.06. The summed E-state index contributed by atoms with van der Waals surface area (Å²) in [5, 5.41) is 3.94. The second-order valence-electron chi connectivity index (χ2n) is 7.04. The first-order valence-electron chi connectivity index (χ1n) is 8.18. The van der Waals surface area contributed by atoms with Crippen molar-refractivity contribution < 1.29 is 0 Å². The second-order valence-corrected chi connectivity index (χ2v) is 7.04. The highest BCUT2D eigenvalue weighted by atomic mass is 15.1. The minimum atomic E-state index is 0.765. The third-order valence-electron chi connectivity index (χ3n) is 5.26. The number of piperidine rings is 1. The molecule has 0 aromatic rings. The largest absolute Gasteiger partial charge is 0.311 e. The van der Waals surface area contributed by atoms with Crippen molar-refractivity contribution in [1.82, 2.24) is 10.2 Å². The Bertz CT molecular complexity index is 298. The molecule has 2 aliphatic rings. The summed E-state index contributed by atoms with van der Waals surface area (Å²) in [4.78, 5) is 2.59. The lowest BCUT2D eigenvalue weighted by Gasteiger charge is -2.34. The predicted molar refractivity (Wildman–Crippen MR) is 83.4 cm³/mol. The first kappa shape index (κ1) is 15.1. The standard InChI is InChI=1S/C17H32N2/c1-13(2)7-10-19-11-8-16(9-12-19)18-17-6-5-14(3)15(17)4/h7,14-18H,5-6,8-12H2,1-4H3. The molecule has 1 saturated carbocycles. The highest BCUT2D eigenvalue weighted by molar-refractivity contribution is 4.96. The zero-order chi connectivity index (χ0) is 13.8. The van der Waals surface area contributed by atoms with Crippen LogP contribution in [-0.4, -0.2) is 36.6 Å². The molecule has 1 N–H and O–H groups in total. The van der Waals surface area contributed by atoms with Crippen LogP contribution in [0.4, 0.5) is 0 Å². The molecule has 1 aliphatic heterocycles. The van der Waals surface area contributed by atoms with Crippen LogP contribution in [0.25, 0.3) is 0 Å². The van der Waals surface area contributed by atoms with Crippen molar-refractivity contribution in [1.29, 1.82) is 0 Å². The molecule has 0 radical (unpaired) electrons. The van der Waals surface area contributed by atoms with Crippen LogP contribution >= 0.6 is 0 Å². The van der Waals surface area contributed by atoms with Gasteiger partial charge in [0.25, 0.3) is 0 Å². The van der Waals surface area contributed by atoms with E-state index in [4.69, 9.17) is 0 Å². The summed E-state index contributed by atoms with van der Waals surface area (Å²) >= 11 is 0. The topological polar surface area (TPSA) is 15.3 Å². The number of allylic oxidation sites excluding steroid dienone is 1. The summed E-state index contributed by atoms with van der Waals surface area (Å²) in [6.45, 7) is 12.9. The van der Waals surface area contributed by atoms with Crippen LogP contribution in [0.5, 0.6) is 0 Å². The molecule has 1 heterocycles. The fourth-order valence-electron chi connectivity index (χ4n) is 3.50. The normalized spacial score (nSPS) is 33.6. The Morgan fingerprint density at radius 2 is 1.79 bits per heavy atom. The summed E-state index contributed by atoms with van der Waals surface area (Å²) in [5.41, 5.74) is 1.44. The molecule has 2 rings (SSSR count). The fraction of sp³-hybridized carbons (Fsp3) is 0.882. The Hall–Kier alpha value is -0.340. The van der Waals surface area contributed by atoms with E-state index in [0.29, 0.717) is 0 Å². The van der Waals surface area contributed by atoms with E-state index in [9.17, 15) is 0 Å². The van der Waals surface area contributed by atoms with Gasteiger partial charge in [-0.25, -0.2) is 0 Å². The molecular weight excluding hydrogens is 232 g/mol. The number of nitrogens with zero attached hydrogens (tertiary/aromatic N) is 1. The van der Waals surface area contributed by atoms with E-state index in [1.54, 1.807) is 0 Å². The van der Waals surface area contributed by atoms with Crippen molar-refractivity contribution in [3.63, 3.8) is 0 Å². The fourth-order valence-corrected chi connectivity index (χ4v) is 3.50. The van der Waals surface area contributed by atoms with Gasteiger partial charge in [-0.2, -0.15) is 0 Å². The minimum Gasteiger partial charge on any atom is -0.311 e. The van der Waals surface area contributed by atoms with E-state index in [-0.39, 0.29) is 0 Å². The van der Waals surface area contributed by atoms with E-state index in [1.165, 1.54) is 44.3 Å². The van der Waals surface area contributed by atoms with Crippen molar-refractivity contribution in [3.05, 3.63) is 11.6 Å². The molecule has 110 valence electrons. The monoisotopic (exact) mass is 264 g/mol. The lowest BCUT2D eigenvalue weighted by atomic mass is 9.96. The van der Waals surface area contributed by atoms with Gasteiger partial charge in [0.15, 0.2) is 0 Å². The molecule has 3 atom stereocenters. The van der Waals surface area contributed by atoms with Gasteiger partial charge in [-0.15, -0.1) is 0 Å². The molecule has 1 aliphatic carbocycles. The maximum Gasteiger partial charge on any atom is 0.0165 e. The van der Waals surface area contributed by atoms with Gasteiger partial charge in [0.05, 0.1) is 0 Å². The molecule has 0 aromatic heterocycles. The van der Waals surface area contributed by atoms with Crippen molar-refractivity contribution in [2.75, 3.05) is 19.6 Å². The average molecular weight is 264 g/mol. The van der Waals surface area contributed by atoms with Gasteiger partial charge in [-0.3, -0.25) is 4.90 Å². The summed E-state index contributed by atoms with van der Waals surface area (Å²) in [6.07, 6.45) is 7.81. The Kier molecular flexibility index (Phi) is 5.47. The average Bonchev–Trinajstić information content (AvgIpc) is 2.70. The molecule has 0 spiro atoms. The van der Waals surface area contributed by atoms with Crippen LogP contribution in [0.2, 0.25) is 0 Å². The maximum atomic E-state index is 3.94. The van der Waals surface area contributed by atoms with Gasteiger partial charge in [-0.05, 0) is 64.5 Å². The van der Waals surface area contributed by atoms with E-state index < -0.39 is 0 Å². The molecular formula is C17H32N2. The van der Waals surface area contributed by atoms with Crippen LogP contribution in [0.1, 0.15) is 53.4 Å². The highest BCUT2D eigenvalue weighted by Crippen LogP contribution is 2.31. The number of likely N-dealkylation sites (tertiary alicyclic amines) is 1. The van der Waals surface area contributed by atoms with Crippen LogP contribution in [-0.2, 0) is 0 Å². The summed E-state index contributed by atoms with van der Waals surface area (Å²) < 4.78 is 0. The second kappa shape index (κ2) is 6.90. The zero-order valence-electron chi connectivity index (χ0n) is 13.3. The van der Waals surface area contributed by atoms with Crippen molar-refractivity contribution >= 4 is 0 Å². The molecule has 19 heavy (non-hydrogen) atoms. The third-order valence-corrected chi connectivity index (χ3v) is 5.26. The number of nitrogens with one attached hydrogen (secondary N) is 1. The van der Waals surface area contributed by atoms with E-state index in [2.05, 4.69) is 44.0 Å². The van der Waals surface area contributed by atoms with Crippen molar-refractivity contribution in [2.45, 2.75) is 65.5 Å². The molecule has 1 saturated heterocycles. The van der Waals surface area contributed by atoms with Gasteiger partial charge in [0.1, 0.15) is 0 Å². The van der Waals surface area contributed by atoms with Crippen LogP contribution < -0.4 is 5.32 Å². The maximum absolute atomic E-state index is 3.94.